The van der Waals surface area contributed by atoms with Gasteiger partial charge in [0, 0.05) is 5.02 Å². The van der Waals surface area contributed by atoms with Gasteiger partial charge in [0.05, 0.1) is 6.04 Å². The molecule has 106 valence electrons. The minimum Gasteiger partial charge on any atom is -0.492 e. The van der Waals surface area contributed by atoms with Gasteiger partial charge >= 0.3 is 0 Å². The van der Waals surface area contributed by atoms with Gasteiger partial charge in [-0.1, -0.05) is 48.0 Å². The molecule has 0 spiro atoms. The van der Waals surface area contributed by atoms with Gasteiger partial charge in [-0.2, -0.15) is 0 Å². The summed E-state index contributed by atoms with van der Waals surface area (Å²) in [5.41, 5.74) is 7.28. The van der Waals surface area contributed by atoms with Gasteiger partial charge in [-0.15, -0.1) is 0 Å². The van der Waals surface area contributed by atoms with Crippen molar-refractivity contribution in [3.8, 4) is 5.75 Å². The Labute approximate surface area is 129 Å². The lowest BCUT2D eigenvalue weighted by molar-refractivity contribution is 0.291. The van der Waals surface area contributed by atoms with Gasteiger partial charge in [0.15, 0.2) is 0 Å². The Bertz CT molecular complexity index is 740. The van der Waals surface area contributed by atoms with Crippen LogP contribution in [0.3, 0.4) is 0 Å². The summed E-state index contributed by atoms with van der Waals surface area (Å²) in [6, 6.07) is 21.6. The first-order chi connectivity index (χ1) is 10.2. The van der Waals surface area contributed by atoms with E-state index < -0.39 is 0 Å². The number of rotatable bonds is 4. The lowest BCUT2D eigenvalue weighted by Gasteiger charge is -2.14. The van der Waals surface area contributed by atoms with Gasteiger partial charge in [0.1, 0.15) is 12.4 Å². The minimum atomic E-state index is -0.162. The molecule has 2 nitrogen and oxygen atoms in total. The van der Waals surface area contributed by atoms with Crippen LogP contribution in [0.1, 0.15) is 11.6 Å². The number of benzene rings is 3. The molecule has 0 aliphatic carbocycles. The van der Waals surface area contributed by atoms with Crippen molar-refractivity contribution in [3.05, 3.63) is 77.3 Å². The van der Waals surface area contributed by atoms with Gasteiger partial charge in [0.25, 0.3) is 0 Å². The van der Waals surface area contributed by atoms with Crippen LogP contribution >= 0.6 is 11.6 Å². The van der Waals surface area contributed by atoms with Crippen LogP contribution in [0.25, 0.3) is 10.8 Å². The predicted molar refractivity (Wildman–Crippen MR) is 87.8 cm³/mol. The summed E-state index contributed by atoms with van der Waals surface area (Å²) >= 11 is 5.85. The van der Waals surface area contributed by atoms with Crippen LogP contribution in [0, 0.1) is 0 Å². The number of fused-ring (bicyclic) bond motifs is 1. The Balaban J connectivity index is 1.71. The summed E-state index contributed by atoms with van der Waals surface area (Å²) < 4.78 is 5.71. The summed E-state index contributed by atoms with van der Waals surface area (Å²) in [5, 5.41) is 3.10. The van der Waals surface area contributed by atoms with E-state index in [9.17, 15) is 0 Å². The predicted octanol–water partition coefficient (Wildman–Crippen LogP) is 4.57. The summed E-state index contributed by atoms with van der Waals surface area (Å²) in [5.74, 6) is 0.774. The van der Waals surface area contributed by atoms with Crippen molar-refractivity contribution >= 4 is 22.4 Å². The zero-order valence-electron chi connectivity index (χ0n) is 11.5. The number of hydrogen-bond acceptors (Lipinski definition) is 2. The Morgan fingerprint density at radius 2 is 1.62 bits per heavy atom. The van der Waals surface area contributed by atoms with E-state index in [0.29, 0.717) is 11.6 Å². The average Bonchev–Trinajstić information content (AvgIpc) is 2.53. The topological polar surface area (TPSA) is 35.2 Å². The second kappa shape index (κ2) is 6.17. The maximum Gasteiger partial charge on any atom is 0.119 e. The van der Waals surface area contributed by atoms with Crippen LogP contribution in [-0.4, -0.2) is 6.61 Å². The fourth-order valence-corrected chi connectivity index (χ4v) is 2.38. The molecule has 0 aliphatic rings. The second-order valence-electron chi connectivity index (χ2n) is 4.98. The van der Waals surface area contributed by atoms with Crippen molar-refractivity contribution < 1.29 is 4.74 Å². The molecule has 1 atom stereocenters. The first-order valence-electron chi connectivity index (χ1n) is 6.85. The van der Waals surface area contributed by atoms with Crippen molar-refractivity contribution in [2.45, 2.75) is 6.04 Å². The number of nitrogens with two attached hydrogens (primary N) is 1. The van der Waals surface area contributed by atoms with E-state index in [0.717, 1.165) is 11.3 Å². The van der Waals surface area contributed by atoms with E-state index in [4.69, 9.17) is 22.1 Å². The Kier molecular flexibility index (Phi) is 4.09. The number of hydrogen-bond donors (Lipinski definition) is 1. The summed E-state index contributed by atoms with van der Waals surface area (Å²) in [6.07, 6.45) is 0. The van der Waals surface area contributed by atoms with Gasteiger partial charge < -0.3 is 10.5 Å². The first kappa shape index (κ1) is 13.9. The van der Waals surface area contributed by atoms with Crippen molar-refractivity contribution in [1.82, 2.24) is 0 Å². The van der Waals surface area contributed by atoms with Gasteiger partial charge in [-0.05, 0) is 46.7 Å². The molecule has 0 radical (unpaired) electrons. The van der Waals surface area contributed by atoms with Crippen LogP contribution in [0.5, 0.6) is 5.75 Å². The van der Waals surface area contributed by atoms with Crippen LogP contribution in [0.4, 0.5) is 0 Å². The van der Waals surface area contributed by atoms with E-state index in [1.165, 1.54) is 10.8 Å². The first-order valence-corrected chi connectivity index (χ1v) is 7.23. The molecular formula is C18H16ClNO. The lowest BCUT2D eigenvalue weighted by atomic mass is 10.0. The summed E-state index contributed by atoms with van der Waals surface area (Å²) in [4.78, 5) is 0. The maximum atomic E-state index is 6.21. The van der Waals surface area contributed by atoms with E-state index >= 15 is 0 Å². The lowest BCUT2D eigenvalue weighted by Crippen LogP contribution is -2.18. The highest BCUT2D eigenvalue weighted by Gasteiger charge is 2.08. The molecule has 1 unspecified atom stereocenters. The van der Waals surface area contributed by atoms with Crippen molar-refractivity contribution in [2.24, 2.45) is 5.73 Å². The smallest absolute Gasteiger partial charge is 0.119 e. The molecule has 0 fully saturated rings. The van der Waals surface area contributed by atoms with E-state index in [2.05, 4.69) is 30.3 Å². The molecule has 0 heterocycles. The quantitative estimate of drug-likeness (QED) is 0.765. The van der Waals surface area contributed by atoms with Crippen molar-refractivity contribution in [2.75, 3.05) is 6.61 Å². The molecule has 3 aromatic rings. The van der Waals surface area contributed by atoms with Gasteiger partial charge in [-0.25, -0.2) is 0 Å². The molecule has 0 saturated carbocycles. The van der Waals surface area contributed by atoms with E-state index in [1.807, 2.05) is 24.3 Å². The molecule has 3 aromatic carbocycles. The molecule has 3 rings (SSSR count). The van der Waals surface area contributed by atoms with Crippen LogP contribution in [0.15, 0.2) is 66.7 Å². The van der Waals surface area contributed by atoms with Crippen LogP contribution < -0.4 is 10.5 Å². The monoisotopic (exact) mass is 297 g/mol. The molecule has 3 heteroatoms. The third-order valence-corrected chi connectivity index (χ3v) is 3.70. The molecular weight excluding hydrogens is 282 g/mol. The summed E-state index contributed by atoms with van der Waals surface area (Å²) in [6.45, 7) is 0.431. The average molecular weight is 298 g/mol. The Morgan fingerprint density at radius 3 is 2.38 bits per heavy atom. The highest BCUT2D eigenvalue weighted by molar-refractivity contribution is 6.30. The largest absolute Gasteiger partial charge is 0.492 e. The normalized spacial score (nSPS) is 12.3. The summed E-state index contributed by atoms with van der Waals surface area (Å²) in [7, 11) is 0. The van der Waals surface area contributed by atoms with Crippen LogP contribution in [-0.2, 0) is 0 Å². The molecule has 2 N–H and O–H groups in total. The van der Waals surface area contributed by atoms with Crippen molar-refractivity contribution in [3.63, 3.8) is 0 Å². The van der Waals surface area contributed by atoms with E-state index in [1.54, 1.807) is 12.1 Å². The fourth-order valence-electron chi connectivity index (χ4n) is 2.25. The highest BCUT2D eigenvalue weighted by Crippen LogP contribution is 2.21. The standard InChI is InChI=1S/C18H16ClNO/c19-16-7-9-17(10-8-16)21-12-18(20)15-6-5-13-3-1-2-4-14(13)11-15/h1-11,18H,12,20H2. The zero-order chi connectivity index (χ0) is 14.7. The number of halogens is 1. The van der Waals surface area contributed by atoms with Gasteiger partial charge in [-0.3, -0.25) is 0 Å². The molecule has 0 bridgehead atoms. The maximum absolute atomic E-state index is 6.21. The second-order valence-corrected chi connectivity index (χ2v) is 5.41. The third kappa shape index (κ3) is 3.35. The third-order valence-electron chi connectivity index (χ3n) is 3.44. The highest BCUT2D eigenvalue weighted by atomic mass is 35.5. The minimum absolute atomic E-state index is 0.162. The SMILES string of the molecule is NC(COc1ccc(Cl)cc1)c1ccc2ccccc2c1. The van der Waals surface area contributed by atoms with Crippen LogP contribution in [0.2, 0.25) is 5.02 Å². The molecule has 0 aliphatic heterocycles. The Hall–Kier alpha value is -2.03. The molecule has 0 amide bonds. The molecule has 21 heavy (non-hydrogen) atoms. The molecule has 0 saturated heterocycles. The Morgan fingerprint density at radius 1 is 0.905 bits per heavy atom. The number of ether oxygens (including phenoxy) is 1. The van der Waals surface area contributed by atoms with E-state index in [-0.39, 0.29) is 6.04 Å². The zero-order valence-corrected chi connectivity index (χ0v) is 12.3. The fraction of sp³-hybridized carbons (Fsp3) is 0.111. The van der Waals surface area contributed by atoms with Gasteiger partial charge in [0.2, 0.25) is 0 Å². The van der Waals surface area contributed by atoms with Crippen molar-refractivity contribution in [1.29, 1.82) is 0 Å². The molecule has 0 aromatic heterocycles.